The summed E-state index contributed by atoms with van der Waals surface area (Å²) in [4.78, 5) is 27.6. The van der Waals surface area contributed by atoms with E-state index in [0.717, 1.165) is 19.4 Å². The van der Waals surface area contributed by atoms with Crippen LogP contribution in [0.15, 0.2) is 27.8 Å². The van der Waals surface area contributed by atoms with E-state index in [1.807, 2.05) is 0 Å². The monoisotopic (exact) mass is 275 g/mol. The van der Waals surface area contributed by atoms with Gasteiger partial charge in [0, 0.05) is 6.54 Å². The molecule has 20 heavy (non-hydrogen) atoms. The Morgan fingerprint density at radius 1 is 1.35 bits per heavy atom. The number of H-pyrrole nitrogens is 1. The van der Waals surface area contributed by atoms with Crippen molar-refractivity contribution in [3.8, 4) is 5.75 Å². The van der Waals surface area contributed by atoms with Crippen LogP contribution in [0.2, 0.25) is 0 Å². The molecule has 0 saturated carbocycles. The molecule has 0 bridgehead atoms. The number of methoxy groups -OCH3 is 1. The lowest BCUT2D eigenvalue weighted by Crippen LogP contribution is -2.44. The molecule has 1 aliphatic rings. The molecule has 1 aromatic heterocycles. The van der Waals surface area contributed by atoms with E-state index in [1.54, 1.807) is 18.2 Å². The number of benzene rings is 1. The van der Waals surface area contributed by atoms with Gasteiger partial charge in [-0.3, -0.25) is 9.36 Å². The predicted octanol–water partition coefficient (Wildman–Crippen LogP) is 0.623. The molecule has 2 N–H and O–H groups in total. The van der Waals surface area contributed by atoms with Gasteiger partial charge < -0.3 is 15.0 Å². The van der Waals surface area contributed by atoms with Crippen LogP contribution < -0.4 is 21.3 Å². The Morgan fingerprint density at radius 2 is 2.20 bits per heavy atom. The van der Waals surface area contributed by atoms with E-state index in [4.69, 9.17) is 4.74 Å². The molecule has 3 rings (SSSR count). The number of fused-ring (bicyclic) bond motifs is 1. The summed E-state index contributed by atoms with van der Waals surface area (Å²) in [6.07, 6.45) is 1.79. The maximum absolute atomic E-state index is 12.7. The molecule has 1 aliphatic heterocycles. The number of nitrogens with zero attached hydrogens (tertiary/aromatic N) is 1. The van der Waals surface area contributed by atoms with Gasteiger partial charge in [-0.25, -0.2) is 4.79 Å². The van der Waals surface area contributed by atoms with Crippen molar-refractivity contribution >= 4 is 10.9 Å². The van der Waals surface area contributed by atoms with Crippen LogP contribution in [-0.4, -0.2) is 29.8 Å². The van der Waals surface area contributed by atoms with Crippen LogP contribution in [-0.2, 0) is 0 Å². The highest BCUT2D eigenvalue weighted by molar-refractivity contribution is 5.83. The van der Waals surface area contributed by atoms with E-state index >= 15 is 0 Å². The van der Waals surface area contributed by atoms with Gasteiger partial charge in [0.2, 0.25) is 0 Å². The normalized spacial score (nSPS) is 19.1. The molecule has 0 amide bonds. The van der Waals surface area contributed by atoms with Crippen LogP contribution in [0.3, 0.4) is 0 Å². The predicted molar refractivity (Wildman–Crippen MR) is 76.5 cm³/mol. The standard InChI is InChI=1S/C14H17N3O3/c1-20-11-6-2-5-10-12(11)13(18)17(14(19)16-10)9-4-3-7-15-8-9/h2,5-6,9,15H,3-4,7-8H2,1H3,(H,16,19). The summed E-state index contributed by atoms with van der Waals surface area (Å²) in [5.41, 5.74) is -0.126. The number of hydrogen-bond acceptors (Lipinski definition) is 4. The molecule has 1 unspecified atom stereocenters. The SMILES string of the molecule is COc1cccc2[nH]c(=O)n(C3CCCNC3)c(=O)c12. The molecule has 1 aromatic carbocycles. The van der Waals surface area contributed by atoms with Crippen LogP contribution in [0.25, 0.3) is 10.9 Å². The number of rotatable bonds is 2. The first-order chi connectivity index (χ1) is 9.72. The van der Waals surface area contributed by atoms with Crippen LogP contribution in [0.4, 0.5) is 0 Å². The van der Waals surface area contributed by atoms with Crippen molar-refractivity contribution in [2.24, 2.45) is 0 Å². The first-order valence-electron chi connectivity index (χ1n) is 6.74. The number of ether oxygens (including phenoxy) is 1. The number of aromatic amines is 1. The fourth-order valence-corrected chi connectivity index (χ4v) is 2.80. The van der Waals surface area contributed by atoms with Crippen LogP contribution in [0.1, 0.15) is 18.9 Å². The molecule has 6 nitrogen and oxygen atoms in total. The van der Waals surface area contributed by atoms with E-state index in [2.05, 4.69) is 10.3 Å². The molecule has 2 heterocycles. The number of nitrogens with one attached hydrogen (secondary N) is 2. The Hall–Kier alpha value is -2.08. The largest absolute Gasteiger partial charge is 0.496 e. The molecule has 1 saturated heterocycles. The van der Waals surface area contributed by atoms with Crippen molar-refractivity contribution in [1.82, 2.24) is 14.9 Å². The van der Waals surface area contributed by atoms with Crippen molar-refractivity contribution < 1.29 is 4.74 Å². The summed E-state index contributed by atoms with van der Waals surface area (Å²) in [6.45, 7) is 1.57. The van der Waals surface area contributed by atoms with Gasteiger partial charge in [-0.15, -0.1) is 0 Å². The lowest BCUT2D eigenvalue weighted by Gasteiger charge is -2.24. The second kappa shape index (κ2) is 5.13. The van der Waals surface area contributed by atoms with Gasteiger partial charge in [0.1, 0.15) is 11.1 Å². The molecule has 1 fully saturated rings. The Kier molecular flexibility index (Phi) is 3.31. The maximum atomic E-state index is 12.7. The van der Waals surface area contributed by atoms with Crippen molar-refractivity contribution in [1.29, 1.82) is 0 Å². The van der Waals surface area contributed by atoms with Crippen LogP contribution >= 0.6 is 0 Å². The highest BCUT2D eigenvalue weighted by Crippen LogP contribution is 2.20. The minimum Gasteiger partial charge on any atom is -0.496 e. The van der Waals surface area contributed by atoms with Gasteiger partial charge >= 0.3 is 5.69 Å². The van der Waals surface area contributed by atoms with Gasteiger partial charge in [-0.2, -0.15) is 0 Å². The molecule has 0 aliphatic carbocycles. The van der Waals surface area contributed by atoms with Crippen LogP contribution in [0, 0.1) is 0 Å². The molecule has 1 atom stereocenters. The topological polar surface area (TPSA) is 76.1 Å². The van der Waals surface area contributed by atoms with E-state index < -0.39 is 0 Å². The lowest BCUT2D eigenvalue weighted by molar-refractivity contribution is 0.355. The Labute approximate surface area is 115 Å². The summed E-state index contributed by atoms with van der Waals surface area (Å²) in [5.74, 6) is 0.487. The zero-order valence-electron chi connectivity index (χ0n) is 11.3. The first-order valence-corrected chi connectivity index (χ1v) is 6.74. The van der Waals surface area contributed by atoms with Crippen molar-refractivity contribution in [2.45, 2.75) is 18.9 Å². The third-order valence-electron chi connectivity index (χ3n) is 3.78. The third kappa shape index (κ3) is 2.02. The first kappa shape index (κ1) is 12.9. The third-order valence-corrected chi connectivity index (χ3v) is 3.78. The fraction of sp³-hybridized carbons (Fsp3) is 0.429. The minimum absolute atomic E-state index is 0.102. The van der Waals surface area contributed by atoms with Crippen molar-refractivity contribution in [2.75, 3.05) is 20.2 Å². The van der Waals surface area contributed by atoms with E-state index in [0.29, 0.717) is 23.2 Å². The second-order valence-corrected chi connectivity index (χ2v) is 4.99. The van der Waals surface area contributed by atoms with Gasteiger partial charge in [0.05, 0.1) is 18.7 Å². The average molecular weight is 275 g/mol. The molecule has 6 heteroatoms. The number of aromatic nitrogens is 2. The zero-order chi connectivity index (χ0) is 14.1. The zero-order valence-corrected chi connectivity index (χ0v) is 11.3. The number of hydrogen-bond donors (Lipinski definition) is 2. The highest BCUT2D eigenvalue weighted by Gasteiger charge is 2.21. The molecular weight excluding hydrogens is 258 g/mol. The fourth-order valence-electron chi connectivity index (χ4n) is 2.80. The molecule has 2 aromatic rings. The Morgan fingerprint density at radius 3 is 2.90 bits per heavy atom. The molecule has 106 valence electrons. The summed E-state index contributed by atoms with van der Waals surface area (Å²) in [5, 5.41) is 3.65. The molecule has 0 spiro atoms. The molecular formula is C14H17N3O3. The van der Waals surface area contributed by atoms with Gasteiger partial charge in [0.25, 0.3) is 5.56 Å². The smallest absolute Gasteiger partial charge is 0.329 e. The van der Waals surface area contributed by atoms with Gasteiger partial charge in [-0.05, 0) is 31.5 Å². The average Bonchev–Trinajstić information content (AvgIpc) is 2.47. The Balaban J connectivity index is 2.27. The second-order valence-electron chi connectivity index (χ2n) is 4.99. The van der Waals surface area contributed by atoms with Gasteiger partial charge in [-0.1, -0.05) is 6.07 Å². The van der Waals surface area contributed by atoms with Gasteiger partial charge in [0.15, 0.2) is 0 Å². The summed E-state index contributed by atoms with van der Waals surface area (Å²) < 4.78 is 6.56. The molecule has 0 radical (unpaired) electrons. The van der Waals surface area contributed by atoms with E-state index in [1.165, 1.54) is 11.7 Å². The van der Waals surface area contributed by atoms with Crippen molar-refractivity contribution in [3.63, 3.8) is 0 Å². The highest BCUT2D eigenvalue weighted by atomic mass is 16.5. The lowest BCUT2D eigenvalue weighted by atomic mass is 10.1. The quantitative estimate of drug-likeness (QED) is 0.842. The minimum atomic E-state index is -0.357. The van der Waals surface area contributed by atoms with E-state index in [-0.39, 0.29) is 17.3 Å². The number of piperidine rings is 1. The Bertz CT molecular complexity index is 741. The van der Waals surface area contributed by atoms with Crippen molar-refractivity contribution in [3.05, 3.63) is 39.0 Å². The maximum Gasteiger partial charge on any atom is 0.329 e. The summed E-state index contributed by atoms with van der Waals surface area (Å²) in [6, 6.07) is 5.09. The summed E-state index contributed by atoms with van der Waals surface area (Å²) in [7, 11) is 1.52. The van der Waals surface area contributed by atoms with E-state index in [9.17, 15) is 9.59 Å². The summed E-state index contributed by atoms with van der Waals surface area (Å²) >= 11 is 0. The van der Waals surface area contributed by atoms with Crippen LogP contribution in [0.5, 0.6) is 5.75 Å².